The largest absolute Gasteiger partial charge is 0.381 e. The highest BCUT2D eigenvalue weighted by atomic mass is 16.5. The highest BCUT2D eigenvalue weighted by Crippen LogP contribution is 2.39. The molecule has 1 aromatic carbocycles. The molecule has 0 unspecified atom stereocenters. The molecule has 2 heterocycles. The van der Waals surface area contributed by atoms with Gasteiger partial charge in [0, 0.05) is 37.1 Å². The highest BCUT2D eigenvalue weighted by Gasteiger charge is 2.42. The predicted octanol–water partition coefficient (Wildman–Crippen LogP) is 3.84. The summed E-state index contributed by atoms with van der Waals surface area (Å²) in [6.07, 6.45) is 3.11. The van der Waals surface area contributed by atoms with Crippen molar-refractivity contribution < 1.29 is 9.53 Å². The molecular formula is C20H29NO2. The minimum Gasteiger partial charge on any atom is -0.381 e. The van der Waals surface area contributed by atoms with Crippen LogP contribution in [0.2, 0.25) is 0 Å². The summed E-state index contributed by atoms with van der Waals surface area (Å²) in [6, 6.07) is 11.3. The van der Waals surface area contributed by atoms with Crippen molar-refractivity contribution in [3.8, 4) is 0 Å². The van der Waals surface area contributed by atoms with Gasteiger partial charge in [-0.25, -0.2) is 0 Å². The molecule has 2 aliphatic heterocycles. The fourth-order valence-electron chi connectivity index (χ4n) is 4.46. The van der Waals surface area contributed by atoms with E-state index in [0.29, 0.717) is 23.8 Å². The zero-order valence-corrected chi connectivity index (χ0v) is 14.6. The molecule has 0 spiro atoms. The molecule has 0 aromatic heterocycles. The lowest BCUT2D eigenvalue weighted by atomic mass is 9.86. The summed E-state index contributed by atoms with van der Waals surface area (Å²) in [5.41, 5.74) is 1.36. The Kier molecular flexibility index (Phi) is 5.05. The Morgan fingerprint density at radius 3 is 2.48 bits per heavy atom. The van der Waals surface area contributed by atoms with Crippen molar-refractivity contribution in [2.45, 2.75) is 58.0 Å². The molecule has 0 N–H and O–H groups in total. The summed E-state index contributed by atoms with van der Waals surface area (Å²) < 4.78 is 5.45. The highest BCUT2D eigenvalue weighted by molar-refractivity contribution is 5.80. The Hall–Kier alpha value is -1.35. The quantitative estimate of drug-likeness (QED) is 0.848. The molecule has 4 atom stereocenters. The van der Waals surface area contributed by atoms with Crippen molar-refractivity contribution in [2.75, 3.05) is 13.2 Å². The minimum atomic E-state index is 0.110. The molecule has 1 amide bonds. The second kappa shape index (κ2) is 7.04. The standard InChI is InChI=1S/C20H29NO2/c1-14-13-19(18-7-5-4-6-8-18)16(3)21(14)20(22)15(2)17-9-11-23-12-10-17/h4-8,14-17,19H,9-13H2,1-3H3/t14-,15+,16+,19+/m1/s1. The van der Waals surface area contributed by atoms with Gasteiger partial charge in [0.25, 0.3) is 0 Å². The third kappa shape index (κ3) is 3.30. The fraction of sp³-hybridized carbons (Fsp3) is 0.650. The summed E-state index contributed by atoms with van der Waals surface area (Å²) in [5.74, 6) is 1.39. The van der Waals surface area contributed by atoms with E-state index in [1.807, 2.05) is 0 Å². The SMILES string of the molecule is C[C@H](C(=O)N1[C@H](C)C[C@H](c2ccccc2)[C@@H]1C)C1CCOCC1. The number of hydrogen-bond acceptors (Lipinski definition) is 2. The van der Waals surface area contributed by atoms with E-state index >= 15 is 0 Å². The summed E-state index contributed by atoms with van der Waals surface area (Å²) in [5, 5.41) is 0. The fourth-order valence-corrected chi connectivity index (χ4v) is 4.46. The van der Waals surface area contributed by atoms with Gasteiger partial charge in [-0.3, -0.25) is 4.79 Å². The number of benzene rings is 1. The van der Waals surface area contributed by atoms with Gasteiger partial charge < -0.3 is 9.64 Å². The maximum absolute atomic E-state index is 13.1. The number of rotatable bonds is 3. The van der Waals surface area contributed by atoms with Gasteiger partial charge in [0.2, 0.25) is 5.91 Å². The molecule has 3 nitrogen and oxygen atoms in total. The number of amides is 1. The number of carbonyl (C=O) groups excluding carboxylic acids is 1. The zero-order valence-electron chi connectivity index (χ0n) is 14.6. The summed E-state index contributed by atoms with van der Waals surface area (Å²) in [7, 11) is 0. The van der Waals surface area contributed by atoms with Crippen molar-refractivity contribution in [3.05, 3.63) is 35.9 Å². The molecule has 0 saturated carbocycles. The van der Waals surface area contributed by atoms with Crippen LogP contribution in [0.3, 0.4) is 0 Å². The molecular weight excluding hydrogens is 286 g/mol. The van der Waals surface area contributed by atoms with Crippen molar-refractivity contribution in [1.82, 2.24) is 4.90 Å². The van der Waals surface area contributed by atoms with Crippen LogP contribution < -0.4 is 0 Å². The topological polar surface area (TPSA) is 29.5 Å². The molecule has 2 saturated heterocycles. The first kappa shape index (κ1) is 16.5. The van der Waals surface area contributed by atoms with Crippen molar-refractivity contribution in [3.63, 3.8) is 0 Å². The van der Waals surface area contributed by atoms with Crippen LogP contribution in [0.25, 0.3) is 0 Å². The van der Waals surface area contributed by atoms with E-state index in [1.54, 1.807) is 0 Å². The third-order valence-electron chi connectivity index (χ3n) is 5.94. The van der Waals surface area contributed by atoms with Gasteiger partial charge in [0.1, 0.15) is 0 Å². The van der Waals surface area contributed by atoms with E-state index in [9.17, 15) is 4.79 Å². The molecule has 3 heteroatoms. The van der Waals surface area contributed by atoms with Gasteiger partial charge in [0.05, 0.1) is 0 Å². The first-order chi connectivity index (χ1) is 11.1. The molecule has 0 bridgehead atoms. The van der Waals surface area contributed by atoms with E-state index in [4.69, 9.17) is 4.74 Å². The average Bonchev–Trinajstić information content (AvgIpc) is 2.89. The van der Waals surface area contributed by atoms with E-state index in [0.717, 1.165) is 32.5 Å². The Morgan fingerprint density at radius 2 is 1.83 bits per heavy atom. The zero-order chi connectivity index (χ0) is 16.4. The maximum atomic E-state index is 13.1. The number of hydrogen-bond donors (Lipinski definition) is 0. The first-order valence-electron chi connectivity index (χ1n) is 9.04. The molecule has 2 fully saturated rings. The lowest BCUT2D eigenvalue weighted by Crippen LogP contribution is -2.44. The van der Waals surface area contributed by atoms with Crippen LogP contribution in [-0.2, 0) is 9.53 Å². The maximum Gasteiger partial charge on any atom is 0.226 e. The van der Waals surface area contributed by atoms with Gasteiger partial charge in [-0.15, -0.1) is 0 Å². The summed E-state index contributed by atoms with van der Waals surface area (Å²) in [4.78, 5) is 15.3. The minimum absolute atomic E-state index is 0.110. The Bertz CT molecular complexity index is 524. The van der Waals surface area contributed by atoms with Gasteiger partial charge in [-0.2, -0.15) is 0 Å². The van der Waals surface area contributed by atoms with E-state index < -0.39 is 0 Å². The van der Waals surface area contributed by atoms with Crippen LogP contribution in [0.4, 0.5) is 0 Å². The molecule has 1 aromatic rings. The molecule has 0 radical (unpaired) electrons. The van der Waals surface area contributed by atoms with Crippen molar-refractivity contribution in [2.24, 2.45) is 11.8 Å². The van der Waals surface area contributed by atoms with Crippen LogP contribution in [0, 0.1) is 11.8 Å². The molecule has 2 aliphatic rings. The van der Waals surface area contributed by atoms with Gasteiger partial charge in [0.15, 0.2) is 0 Å². The Balaban J connectivity index is 1.72. The molecule has 23 heavy (non-hydrogen) atoms. The van der Waals surface area contributed by atoms with E-state index in [-0.39, 0.29) is 12.0 Å². The number of likely N-dealkylation sites (tertiary alicyclic amines) is 1. The summed E-state index contributed by atoms with van der Waals surface area (Å²) in [6.45, 7) is 8.15. The van der Waals surface area contributed by atoms with E-state index in [2.05, 4.69) is 56.0 Å². The molecule has 3 rings (SSSR count). The van der Waals surface area contributed by atoms with Crippen LogP contribution in [0.1, 0.15) is 51.5 Å². The van der Waals surface area contributed by atoms with Gasteiger partial charge in [-0.1, -0.05) is 37.3 Å². The third-order valence-corrected chi connectivity index (χ3v) is 5.94. The second-order valence-corrected chi connectivity index (χ2v) is 7.33. The van der Waals surface area contributed by atoms with E-state index in [1.165, 1.54) is 5.56 Å². The van der Waals surface area contributed by atoms with Crippen LogP contribution in [0.15, 0.2) is 30.3 Å². The lowest BCUT2D eigenvalue weighted by Gasteiger charge is -2.34. The summed E-state index contributed by atoms with van der Waals surface area (Å²) >= 11 is 0. The van der Waals surface area contributed by atoms with Gasteiger partial charge in [-0.05, 0) is 44.6 Å². The number of carbonyl (C=O) groups is 1. The predicted molar refractivity (Wildman–Crippen MR) is 92.3 cm³/mol. The lowest BCUT2D eigenvalue weighted by molar-refractivity contribution is -0.140. The number of ether oxygens (including phenoxy) is 1. The number of nitrogens with zero attached hydrogens (tertiary/aromatic N) is 1. The van der Waals surface area contributed by atoms with Gasteiger partial charge >= 0.3 is 0 Å². The first-order valence-corrected chi connectivity index (χ1v) is 9.04. The molecule has 126 valence electrons. The Labute approximate surface area is 140 Å². The second-order valence-electron chi connectivity index (χ2n) is 7.33. The normalized spacial score (nSPS) is 30.4. The van der Waals surface area contributed by atoms with Crippen molar-refractivity contribution >= 4 is 5.91 Å². The van der Waals surface area contributed by atoms with Crippen LogP contribution >= 0.6 is 0 Å². The van der Waals surface area contributed by atoms with Crippen LogP contribution in [-0.4, -0.2) is 36.1 Å². The van der Waals surface area contributed by atoms with Crippen LogP contribution in [0.5, 0.6) is 0 Å². The molecule has 0 aliphatic carbocycles. The van der Waals surface area contributed by atoms with Crippen molar-refractivity contribution in [1.29, 1.82) is 0 Å². The smallest absolute Gasteiger partial charge is 0.226 e. The monoisotopic (exact) mass is 315 g/mol. The average molecular weight is 315 g/mol. The Morgan fingerprint density at radius 1 is 1.17 bits per heavy atom.